The molecule has 1 aromatic heterocycles. The van der Waals surface area contributed by atoms with Gasteiger partial charge in [-0.1, -0.05) is 28.0 Å². The molecule has 0 spiro atoms. The highest BCUT2D eigenvalue weighted by molar-refractivity contribution is 5.96. The quantitative estimate of drug-likeness (QED) is 0.400. The topological polar surface area (TPSA) is 90.7 Å². The molecular formula is C14H15N3O3. The molecule has 2 aromatic rings. The lowest BCUT2D eigenvalue weighted by Gasteiger charge is -2.02. The van der Waals surface area contributed by atoms with Crippen molar-refractivity contribution >= 4 is 11.8 Å². The second kappa shape index (κ2) is 5.56. The van der Waals surface area contributed by atoms with Gasteiger partial charge in [0.1, 0.15) is 0 Å². The maximum Gasteiger partial charge on any atom is 0.332 e. The van der Waals surface area contributed by atoms with E-state index in [-0.39, 0.29) is 5.84 Å². The molecule has 2 rings (SSSR count). The van der Waals surface area contributed by atoms with Gasteiger partial charge in [-0.25, -0.2) is 4.79 Å². The number of amidine groups is 1. The van der Waals surface area contributed by atoms with Crippen molar-refractivity contribution < 1.29 is 14.2 Å². The number of hydrogen-bond donors (Lipinski definition) is 1. The average Bonchev–Trinajstić information content (AvgIpc) is 2.88. The highest BCUT2D eigenvalue weighted by atomic mass is 16.7. The number of aromatic nitrogens is 1. The molecule has 20 heavy (non-hydrogen) atoms. The van der Waals surface area contributed by atoms with Gasteiger partial charge in [-0.05, 0) is 25.5 Å². The minimum absolute atomic E-state index is 0.0134. The Balaban J connectivity index is 2.31. The Labute approximate surface area is 116 Å². The van der Waals surface area contributed by atoms with Gasteiger partial charge >= 0.3 is 5.97 Å². The number of aryl methyl sites for hydroxylation is 2. The predicted octanol–water partition coefficient (Wildman–Crippen LogP) is 2.14. The summed E-state index contributed by atoms with van der Waals surface area (Å²) < 4.78 is 5.26. The number of nitrogens with two attached hydrogens (primary N) is 1. The molecule has 0 saturated heterocycles. The fourth-order valence-corrected chi connectivity index (χ4v) is 1.68. The van der Waals surface area contributed by atoms with Crippen LogP contribution in [0, 0.1) is 13.8 Å². The van der Waals surface area contributed by atoms with E-state index >= 15 is 0 Å². The molecule has 1 aromatic carbocycles. The Bertz CT molecular complexity index is 674. The monoisotopic (exact) mass is 273 g/mol. The van der Waals surface area contributed by atoms with Gasteiger partial charge in [-0.3, -0.25) is 0 Å². The molecule has 1 heterocycles. The van der Waals surface area contributed by atoms with E-state index in [1.807, 2.05) is 32.0 Å². The van der Waals surface area contributed by atoms with Crippen molar-refractivity contribution in [2.24, 2.45) is 10.9 Å². The zero-order chi connectivity index (χ0) is 14.7. The fraction of sp³-hybridized carbons (Fsp3) is 0.214. The van der Waals surface area contributed by atoms with E-state index in [0.29, 0.717) is 11.5 Å². The van der Waals surface area contributed by atoms with Crippen molar-refractivity contribution in [3.8, 4) is 11.3 Å². The molecule has 104 valence electrons. The van der Waals surface area contributed by atoms with Crippen LogP contribution < -0.4 is 5.73 Å². The summed E-state index contributed by atoms with van der Waals surface area (Å²) in [5, 5.41) is 7.28. The van der Waals surface area contributed by atoms with Gasteiger partial charge in [-0.2, -0.15) is 0 Å². The van der Waals surface area contributed by atoms with Crippen LogP contribution in [0.3, 0.4) is 0 Å². The van der Waals surface area contributed by atoms with Crippen LogP contribution in [0.25, 0.3) is 11.3 Å². The number of hydrogen-bond acceptors (Lipinski definition) is 5. The largest absolute Gasteiger partial charge is 0.379 e. The maximum absolute atomic E-state index is 10.7. The molecule has 0 unspecified atom stereocenters. The first-order valence-corrected chi connectivity index (χ1v) is 6.03. The second-order valence-corrected chi connectivity index (χ2v) is 4.45. The summed E-state index contributed by atoms with van der Waals surface area (Å²) in [6.07, 6.45) is 0. The molecule has 0 radical (unpaired) electrons. The summed E-state index contributed by atoms with van der Waals surface area (Å²) in [7, 11) is 0. The van der Waals surface area contributed by atoms with Crippen LogP contribution in [0.2, 0.25) is 0 Å². The first-order valence-electron chi connectivity index (χ1n) is 6.03. The van der Waals surface area contributed by atoms with Crippen LogP contribution in [0.15, 0.2) is 33.9 Å². The van der Waals surface area contributed by atoms with Gasteiger partial charge < -0.3 is 15.1 Å². The summed E-state index contributed by atoms with van der Waals surface area (Å²) in [5.41, 5.74) is 9.09. The Morgan fingerprint density at radius 3 is 2.80 bits per heavy atom. The van der Waals surface area contributed by atoms with Gasteiger partial charge in [0, 0.05) is 18.6 Å². The summed E-state index contributed by atoms with van der Waals surface area (Å²) in [5.74, 6) is 0.0221. The summed E-state index contributed by atoms with van der Waals surface area (Å²) in [6.45, 7) is 5.21. The lowest BCUT2D eigenvalue weighted by atomic mass is 10.0. The van der Waals surface area contributed by atoms with Crippen LogP contribution in [0.5, 0.6) is 0 Å². The molecule has 6 nitrogen and oxygen atoms in total. The summed E-state index contributed by atoms with van der Waals surface area (Å²) in [4.78, 5) is 15.1. The molecule has 2 N–H and O–H groups in total. The number of oxime groups is 1. The third-order valence-corrected chi connectivity index (χ3v) is 2.70. The van der Waals surface area contributed by atoms with E-state index in [0.717, 1.165) is 16.7 Å². The van der Waals surface area contributed by atoms with Crippen LogP contribution in [0.4, 0.5) is 0 Å². The van der Waals surface area contributed by atoms with Gasteiger partial charge in [-0.15, -0.1) is 0 Å². The molecule has 0 aliphatic heterocycles. The number of carbonyl (C=O) groups excluding carboxylic acids is 1. The Kier molecular flexibility index (Phi) is 3.84. The molecule has 0 atom stereocenters. The van der Waals surface area contributed by atoms with E-state index in [2.05, 4.69) is 15.1 Å². The molecule has 0 saturated carbocycles. The van der Waals surface area contributed by atoms with Crippen LogP contribution in [-0.2, 0) is 9.63 Å². The van der Waals surface area contributed by atoms with Gasteiger partial charge in [0.05, 0.1) is 0 Å². The first kappa shape index (κ1) is 13.8. The maximum atomic E-state index is 10.7. The Hall–Kier alpha value is -2.63. The van der Waals surface area contributed by atoms with Gasteiger partial charge in [0.2, 0.25) is 0 Å². The van der Waals surface area contributed by atoms with Crippen molar-refractivity contribution in [2.75, 3.05) is 0 Å². The van der Waals surface area contributed by atoms with Crippen LogP contribution in [-0.4, -0.2) is 17.0 Å². The van der Waals surface area contributed by atoms with E-state index in [9.17, 15) is 4.79 Å². The van der Waals surface area contributed by atoms with Gasteiger partial charge in [0.15, 0.2) is 17.3 Å². The van der Waals surface area contributed by atoms with Crippen LogP contribution >= 0.6 is 0 Å². The third-order valence-electron chi connectivity index (χ3n) is 2.70. The summed E-state index contributed by atoms with van der Waals surface area (Å²) in [6, 6.07) is 7.68. The zero-order valence-corrected chi connectivity index (χ0v) is 11.5. The number of benzene rings is 1. The molecule has 0 fully saturated rings. The lowest BCUT2D eigenvalue weighted by molar-refractivity contribution is -0.140. The fourth-order valence-electron chi connectivity index (χ4n) is 1.68. The average molecular weight is 273 g/mol. The highest BCUT2D eigenvalue weighted by Gasteiger charge is 2.12. The number of carbonyl (C=O) groups is 1. The molecule has 6 heteroatoms. The molecule has 0 aliphatic rings. The van der Waals surface area contributed by atoms with Crippen molar-refractivity contribution in [3.63, 3.8) is 0 Å². The van der Waals surface area contributed by atoms with Crippen LogP contribution in [0.1, 0.15) is 23.7 Å². The predicted molar refractivity (Wildman–Crippen MR) is 73.9 cm³/mol. The Morgan fingerprint density at radius 1 is 1.35 bits per heavy atom. The minimum atomic E-state index is -0.550. The van der Waals surface area contributed by atoms with Crippen molar-refractivity contribution in [1.82, 2.24) is 5.16 Å². The van der Waals surface area contributed by atoms with E-state index in [1.54, 1.807) is 6.07 Å². The SMILES string of the molecule is CC(=O)ON=C(N)c1cc(-c2cc(C)ccc2C)on1. The van der Waals surface area contributed by atoms with E-state index in [1.165, 1.54) is 6.92 Å². The van der Waals surface area contributed by atoms with Crippen molar-refractivity contribution in [2.45, 2.75) is 20.8 Å². The molecular weight excluding hydrogens is 258 g/mol. The lowest BCUT2D eigenvalue weighted by Crippen LogP contribution is -2.14. The van der Waals surface area contributed by atoms with E-state index < -0.39 is 5.97 Å². The standard InChI is InChI=1S/C14H15N3O3/c1-8-4-5-9(2)11(6-8)13-7-12(16-20-13)14(15)17-19-10(3)18/h4-7H,1-3H3,(H2,15,17). The normalized spacial score (nSPS) is 11.4. The van der Waals surface area contributed by atoms with Gasteiger partial charge in [0.25, 0.3) is 0 Å². The third kappa shape index (κ3) is 3.03. The Morgan fingerprint density at radius 2 is 2.10 bits per heavy atom. The molecule has 0 amide bonds. The summed E-state index contributed by atoms with van der Waals surface area (Å²) >= 11 is 0. The van der Waals surface area contributed by atoms with Crippen molar-refractivity contribution in [3.05, 3.63) is 41.1 Å². The smallest absolute Gasteiger partial charge is 0.332 e. The number of rotatable bonds is 3. The minimum Gasteiger partial charge on any atom is -0.379 e. The highest BCUT2D eigenvalue weighted by Crippen LogP contribution is 2.25. The number of nitrogens with zero attached hydrogens (tertiary/aromatic N) is 2. The van der Waals surface area contributed by atoms with Crippen molar-refractivity contribution in [1.29, 1.82) is 0 Å². The first-order chi connectivity index (χ1) is 9.47. The molecule has 0 bridgehead atoms. The second-order valence-electron chi connectivity index (χ2n) is 4.45. The van der Waals surface area contributed by atoms with E-state index in [4.69, 9.17) is 10.3 Å². The zero-order valence-electron chi connectivity index (χ0n) is 11.5. The molecule has 0 aliphatic carbocycles.